The molecular weight excluding hydrogens is 406 g/mol. The predicted octanol–water partition coefficient (Wildman–Crippen LogP) is 4.29. The van der Waals surface area contributed by atoms with E-state index >= 15 is 0 Å². The lowest BCUT2D eigenvalue weighted by Gasteiger charge is -2.42. The molecule has 2 amide bonds. The summed E-state index contributed by atoms with van der Waals surface area (Å²) < 4.78 is 0. The molecule has 0 unspecified atom stereocenters. The van der Waals surface area contributed by atoms with E-state index in [9.17, 15) is 9.59 Å². The van der Waals surface area contributed by atoms with E-state index in [4.69, 9.17) is 0 Å². The maximum atomic E-state index is 13.7. The first-order valence-corrected chi connectivity index (χ1v) is 12.3. The van der Waals surface area contributed by atoms with Crippen LogP contribution >= 0.6 is 11.3 Å². The molecule has 1 aromatic carbocycles. The van der Waals surface area contributed by atoms with Gasteiger partial charge in [0.1, 0.15) is 0 Å². The number of nitrogens with one attached hydrogen (secondary N) is 1. The Morgan fingerprint density at radius 2 is 2.03 bits per heavy atom. The fourth-order valence-electron chi connectivity index (χ4n) is 5.12. The number of fused-ring (bicyclic) bond motifs is 1. The van der Waals surface area contributed by atoms with Crippen molar-refractivity contribution in [2.45, 2.75) is 51.6 Å². The molecule has 0 radical (unpaired) electrons. The van der Waals surface area contributed by atoms with Crippen LogP contribution in [0.2, 0.25) is 0 Å². The Kier molecular flexibility index (Phi) is 6.77. The number of hydrogen-bond donors (Lipinski definition) is 1. The van der Waals surface area contributed by atoms with Crippen LogP contribution in [0.5, 0.6) is 0 Å². The third-order valence-corrected chi connectivity index (χ3v) is 7.48. The van der Waals surface area contributed by atoms with Crippen LogP contribution < -0.4 is 5.32 Å². The van der Waals surface area contributed by atoms with Crippen molar-refractivity contribution in [2.24, 2.45) is 5.92 Å². The molecule has 4 rings (SSSR count). The molecule has 1 N–H and O–H groups in total. The highest BCUT2D eigenvalue weighted by Crippen LogP contribution is 2.44. The van der Waals surface area contributed by atoms with Crippen LogP contribution in [0.1, 0.15) is 66.4 Å². The van der Waals surface area contributed by atoms with E-state index in [-0.39, 0.29) is 17.9 Å². The Morgan fingerprint density at radius 1 is 1.23 bits per heavy atom. The second-order valence-corrected chi connectivity index (χ2v) is 10.0. The minimum Gasteiger partial charge on any atom is -0.354 e. The number of amides is 2. The molecule has 3 atom stereocenters. The van der Waals surface area contributed by atoms with Gasteiger partial charge in [-0.2, -0.15) is 0 Å². The van der Waals surface area contributed by atoms with E-state index in [2.05, 4.69) is 37.1 Å². The van der Waals surface area contributed by atoms with Crippen LogP contribution in [0.3, 0.4) is 0 Å². The molecule has 6 heteroatoms. The summed E-state index contributed by atoms with van der Waals surface area (Å²) >= 11 is 1.62. The summed E-state index contributed by atoms with van der Waals surface area (Å²) in [7, 11) is 0. The Hall–Kier alpha value is -2.18. The van der Waals surface area contributed by atoms with E-state index < -0.39 is 5.92 Å². The van der Waals surface area contributed by atoms with Crippen molar-refractivity contribution in [3.8, 4) is 0 Å². The van der Waals surface area contributed by atoms with Gasteiger partial charge in [-0.05, 0) is 54.9 Å². The molecular formula is C25H33N3O2S. The first-order valence-electron chi connectivity index (χ1n) is 11.5. The normalized spacial score (nSPS) is 23.9. The number of likely N-dealkylation sites (N-methyl/N-ethyl adjacent to an activating group) is 1. The molecule has 166 valence electrons. The van der Waals surface area contributed by atoms with Crippen LogP contribution in [0.25, 0.3) is 0 Å². The summed E-state index contributed by atoms with van der Waals surface area (Å²) in [5, 5.41) is 5.29. The number of carbonyl (C=O) groups excluding carboxylic acids is 2. The van der Waals surface area contributed by atoms with Gasteiger partial charge in [0.2, 0.25) is 5.91 Å². The highest BCUT2D eigenvalue weighted by molar-refractivity contribution is 7.10. The van der Waals surface area contributed by atoms with Gasteiger partial charge in [0.25, 0.3) is 5.91 Å². The van der Waals surface area contributed by atoms with Crippen LogP contribution in [0, 0.1) is 5.92 Å². The van der Waals surface area contributed by atoms with Gasteiger partial charge < -0.3 is 10.2 Å². The van der Waals surface area contributed by atoms with Gasteiger partial charge in [0, 0.05) is 29.6 Å². The van der Waals surface area contributed by atoms with Gasteiger partial charge in [-0.25, -0.2) is 0 Å². The molecule has 31 heavy (non-hydrogen) atoms. The third-order valence-electron chi connectivity index (χ3n) is 6.53. The summed E-state index contributed by atoms with van der Waals surface area (Å²) in [5.41, 5.74) is 1.51. The average molecular weight is 440 g/mol. The number of nitrogens with zero attached hydrogens (tertiary/aromatic N) is 2. The maximum Gasteiger partial charge on any atom is 0.254 e. The molecule has 2 aromatic rings. The standard InChI is InChI=1S/C25H33N3O2S/c1-4-27-13-7-9-18(27)15-26-24(29)22-19-10-5-6-11-20(19)25(30)28(16-17(2)3)23(22)21-12-8-14-31-21/h5-6,8,10-12,14,17-18,22-23H,4,7,9,13,15-16H2,1-3H3,(H,26,29)/t18-,22+,23-/m1/s1. The van der Waals surface area contributed by atoms with E-state index in [1.54, 1.807) is 11.3 Å². The van der Waals surface area contributed by atoms with Gasteiger partial charge in [-0.1, -0.05) is 45.0 Å². The molecule has 0 aliphatic carbocycles. The van der Waals surface area contributed by atoms with Gasteiger partial charge in [0.05, 0.1) is 12.0 Å². The van der Waals surface area contributed by atoms with E-state index in [1.807, 2.05) is 40.6 Å². The van der Waals surface area contributed by atoms with Crippen molar-refractivity contribution in [3.63, 3.8) is 0 Å². The Morgan fingerprint density at radius 3 is 2.74 bits per heavy atom. The maximum absolute atomic E-state index is 13.7. The zero-order chi connectivity index (χ0) is 22.0. The van der Waals surface area contributed by atoms with Crippen molar-refractivity contribution < 1.29 is 9.59 Å². The van der Waals surface area contributed by atoms with Crippen molar-refractivity contribution in [2.75, 3.05) is 26.2 Å². The monoisotopic (exact) mass is 439 g/mol. The van der Waals surface area contributed by atoms with Gasteiger partial charge in [-0.3, -0.25) is 14.5 Å². The molecule has 3 heterocycles. The lowest BCUT2D eigenvalue weighted by atomic mass is 9.81. The Balaban J connectivity index is 1.68. The van der Waals surface area contributed by atoms with E-state index in [0.717, 1.165) is 30.0 Å². The van der Waals surface area contributed by atoms with Crippen molar-refractivity contribution >= 4 is 23.2 Å². The molecule has 0 saturated carbocycles. The molecule has 1 aromatic heterocycles. The fourth-order valence-corrected chi connectivity index (χ4v) is 5.99. The van der Waals surface area contributed by atoms with E-state index in [0.29, 0.717) is 30.6 Å². The molecule has 1 saturated heterocycles. The van der Waals surface area contributed by atoms with Gasteiger partial charge in [0.15, 0.2) is 0 Å². The molecule has 1 fully saturated rings. The minimum absolute atomic E-state index is 0.0232. The second-order valence-electron chi connectivity index (χ2n) is 9.05. The predicted molar refractivity (Wildman–Crippen MR) is 125 cm³/mol. The third kappa shape index (κ3) is 4.41. The highest BCUT2D eigenvalue weighted by Gasteiger charge is 2.44. The SMILES string of the molecule is CCN1CCC[C@@H]1CNC(=O)[C@H]1c2ccccc2C(=O)N(CC(C)C)[C@@H]1c1cccs1. The minimum atomic E-state index is -0.400. The first-order chi connectivity index (χ1) is 15.0. The molecule has 5 nitrogen and oxygen atoms in total. The topological polar surface area (TPSA) is 52.7 Å². The smallest absolute Gasteiger partial charge is 0.254 e. The Bertz CT molecular complexity index is 911. The van der Waals surface area contributed by atoms with Crippen molar-refractivity contribution in [1.29, 1.82) is 0 Å². The summed E-state index contributed by atoms with van der Waals surface area (Å²) in [6, 6.07) is 11.8. The first kappa shape index (κ1) is 22.0. The van der Waals surface area contributed by atoms with Crippen molar-refractivity contribution in [3.05, 3.63) is 57.8 Å². The largest absolute Gasteiger partial charge is 0.354 e. The summed E-state index contributed by atoms with van der Waals surface area (Å²) in [5.74, 6) is -0.0328. The average Bonchev–Trinajstić information content (AvgIpc) is 3.45. The number of hydrogen-bond acceptors (Lipinski definition) is 4. The Labute approximate surface area is 189 Å². The molecule has 0 bridgehead atoms. The summed E-state index contributed by atoms with van der Waals surface area (Å²) in [6.45, 7) is 9.84. The number of rotatable bonds is 7. The van der Waals surface area contributed by atoms with Crippen LogP contribution in [0.15, 0.2) is 41.8 Å². The van der Waals surface area contributed by atoms with Crippen LogP contribution in [-0.2, 0) is 4.79 Å². The molecule has 2 aliphatic rings. The summed E-state index contributed by atoms with van der Waals surface area (Å²) in [4.78, 5) is 32.6. The number of thiophene rings is 1. The van der Waals surface area contributed by atoms with Crippen LogP contribution in [0.4, 0.5) is 0 Å². The zero-order valence-electron chi connectivity index (χ0n) is 18.7. The second kappa shape index (κ2) is 9.53. The molecule has 0 spiro atoms. The zero-order valence-corrected chi connectivity index (χ0v) is 19.5. The van der Waals surface area contributed by atoms with E-state index in [1.165, 1.54) is 6.42 Å². The lowest BCUT2D eigenvalue weighted by Crippen LogP contribution is -2.49. The van der Waals surface area contributed by atoms with Gasteiger partial charge in [-0.15, -0.1) is 11.3 Å². The fraction of sp³-hybridized carbons (Fsp3) is 0.520. The number of benzene rings is 1. The molecule has 2 aliphatic heterocycles. The van der Waals surface area contributed by atoms with Crippen LogP contribution in [-0.4, -0.2) is 53.8 Å². The lowest BCUT2D eigenvalue weighted by molar-refractivity contribution is -0.124. The number of carbonyl (C=O) groups is 2. The summed E-state index contributed by atoms with van der Waals surface area (Å²) in [6.07, 6.45) is 2.32. The quantitative estimate of drug-likeness (QED) is 0.700. The van der Waals surface area contributed by atoms with Gasteiger partial charge >= 0.3 is 0 Å². The number of likely N-dealkylation sites (tertiary alicyclic amines) is 1. The highest BCUT2D eigenvalue weighted by atomic mass is 32.1. The van der Waals surface area contributed by atoms with Crippen molar-refractivity contribution in [1.82, 2.24) is 15.1 Å².